The lowest BCUT2D eigenvalue weighted by atomic mass is 9.84. The summed E-state index contributed by atoms with van der Waals surface area (Å²) in [6.45, 7) is 0. The van der Waals surface area contributed by atoms with Crippen molar-refractivity contribution < 1.29 is 9.90 Å². The first-order valence-corrected chi connectivity index (χ1v) is 16.0. The lowest BCUT2D eigenvalue weighted by Crippen LogP contribution is -2.26. The van der Waals surface area contributed by atoms with Gasteiger partial charge in [-0.1, -0.05) is 113 Å². The SMILES string of the molecule is Brc1ccccc1Br.O=C1C2=C(C=C[C+]=C2)c2ccccc21.OC1(c2ccccc2Br)c2ccccc2-c2ccccc21. The van der Waals surface area contributed by atoms with E-state index in [-0.39, 0.29) is 5.78 Å². The van der Waals surface area contributed by atoms with E-state index in [0.717, 1.165) is 63.5 Å². The van der Waals surface area contributed by atoms with E-state index in [2.05, 4.69) is 66.0 Å². The van der Waals surface area contributed by atoms with E-state index in [1.54, 1.807) is 6.08 Å². The molecule has 0 saturated heterocycles. The Kier molecular flexibility index (Phi) is 8.54. The third-order valence-electron chi connectivity index (χ3n) is 7.58. The van der Waals surface area contributed by atoms with Crippen molar-refractivity contribution in [3.05, 3.63) is 192 Å². The van der Waals surface area contributed by atoms with Gasteiger partial charge in [-0.25, -0.2) is 0 Å². The predicted molar refractivity (Wildman–Crippen MR) is 185 cm³/mol. The highest BCUT2D eigenvalue weighted by molar-refractivity contribution is 9.13. The van der Waals surface area contributed by atoms with Gasteiger partial charge in [-0.3, -0.25) is 4.79 Å². The number of allylic oxidation sites excluding steroid dienone is 6. The Hall–Kier alpha value is -3.70. The maximum absolute atomic E-state index is 11.9. The van der Waals surface area contributed by atoms with Crippen LogP contribution in [0.5, 0.6) is 0 Å². The van der Waals surface area contributed by atoms with Gasteiger partial charge < -0.3 is 5.11 Å². The summed E-state index contributed by atoms with van der Waals surface area (Å²) in [5.41, 5.74) is 7.52. The molecule has 0 aliphatic heterocycles. The first-order valence-electron chi connectivity index (χ1n) is 13.6. The molecule has 208 valence electrons. The number of halogens is 3. The summed E-state index contributed by atoms with van der Waals surface area (Å²) in [6, 6.07) is 39.7. The van der Waals surface area contributed by atoms with Crippen LogP contribution >= 0.6 is 47.8 Å². The molecule has 0 radical (unpaired) electrons. The fraction of sp³-hybridized carbons (Fsp3) is 0.0263. The minimum Gasteiger partial charge on any atom is -0.376 e. The lowest BCUT2D eigenvalue weighted by molar-refractivity contribution is 0.104. The monoisotopic (exact) mass is 749 g/mol. The Morgan fingerprint density at radius 2 is 0.953 bits per heavy atom. The van der Waals surface area contributed by atoms with Crippen LogP contribution in [-0.2, 0) is 5.60 Å². The molecule has 0 amide bonds. The Morgan fingerprint density at radius 3 is 1.49 bits per heavy atom. The van der Waals surface area contributed by atoms with Crippen LogP contribution in [-0.4, -0.2) is 10.9 Å². The van der Waals surface area contributed by atoms with Crippen LogP contribution in [0.3, 0.4) is 0 Å². The molecule has 3 aliphatic carbocycles. The van der Waals surface area contributed by atoms with Gasteiger partial charge in [-0.15, -0.1) is 0 Å². The van der Waals surface area contributed by atoms with Crippen molar-refractivity contribution in [2.24, 2.45) is 0 Å². The molecule has 0 aromatic heterocycles. The first-order chi connectivity index (χ1) is 20.9. The Labute approximate surface area is 276 Å². The number of rotatable bonds is 1. The van der Waals surface area contributed by atoms with E-state index in [0.29, 0.717) is 0 Å². The summed E-state index contributed by atoms with van der Waals surface area (Å²) in [4.78, 5) is 11.9. The van der Waals surface area contributed by atoms with Crippen molar-refractivity contribution in [3.63, 3.8) is 0 Å². The zero-order valence-electron chi connectivity index (χ0n) is 22.8. The van der Waals surface area contributed by atoms with E-state index in [4.69, 9.17) is 0 Å². The molecule has 0 bridgehead atoms. The second-order valence-corrected chi connectivity index (χ2v) is 12.6. The van der Waals surface area contributed by atoms with E-state index in [9.17, 15) is 9.90 Å². The number of hydrogen-bond donors (Lipinski definition) is 1. The minimum atomic E-state index is -1.10. The minimum absolute atomic E-state index is 0.118. The second-order valence-electron chi connectivity index (χ2n) is 10.0. The number of Topliss-reactive ketones (excluding diaryl/α,β-unsaturated/α-hetero) is 1. The second kappa shape index (κ2) is 12.5. The Bertz CT molecular complexity index is 1880. The van der Waals surface area contributed by atoms with Gasteiger partial charge in [0.25, 0.3) is 0 Å². The van der Waals surface area contributed by atoms with Crippen LogP contribution in [0.25, 0.3) is 16.7 Å². The topological polar surface area (TPSA) is 37.3 Å². The number of aliphatic hydroxyl groups is 1. The molecule has 0 spiro atoms. The van der Waals surface area contributed by atoms with Crippen LogP contribution < -0.4 is 0 Å². The van der Waals surface area contributed by atoms with Crippen LogP contribution in [0.2, 0.25) is 0 Å². The van der Waals surface area contributed by atoms with Crippen molar-refractivity contribution >= 4 is 59.1 Å². The quantitative estimate of drug-likeness (QED) is 0.173. The van der Waals surface area contributed by atoms with Crippen LogP contribution in [0.4, 0.5) is 0 Å². The van der Waals surface area contributed by atoms with E-state index >= 15 is 0 Å². The van der Waals surface area contributed by atoms with E-state index < -0.39 is 5.60 Å². The molecule has 0 fully saturated rings. The fourth-order valence-corrected chi connectivity index (χ4v) is 6.75. The highest BCUT2D eigenvalue weighted by Crippen LogP contribution is 2.52. The largest absolute Gasteiger partial charge is 0.376 e. The molecular formula is C38H24Br3O2+. The number of ketones is 1. The molecule has 5 aromatic carbocycles. The van der Waals surface area contributed by atoms with Crippen molar-refractivity contribution in [2.75, 3.05) is 0 Å². The molecule has 3 aliphatic rings. The molecule has 1 N–H and O–H groups in total. The van der Waals surface area contributed by atoms with Crippen LogP contribution in [0, 0.1) is 6.08 Å². The van der Waals surface area contributed by atoms with Gasteiger partial charge in [-0.05, 0) is 67.3 Å². The number of fused-ring (bicyclic) bond motifs is 5. The number of carbonyl (C=O) groups is 1. The molecule has 43 heavy (non-hydrogen) atoms. The zero-order chi connectivity index (χ0) is 30.0. The molecular weight excluding hydrogens is 728 g/mol. The summed E-state index contributed by atoms with van der Waals surface area (Å²) in [6.07, 6.45) is 8.48. The van der Waals surface area contributed by atoms with E-state index in [1.807, 2.05) is 121 Å². The van der Waals surface area contributed by atoms with Gasteiger partial charge in [-0.2, -0.15) is 0 Å². The van der Waals surface area contributed by atoms with Gasteiger partial charge in [0.15, 0.2) is 0 Å². The van der Waals surface area contributed by atoms with Crippen molar-refractivity contribution in [1.82, 2.24) is 0 Å². The molecule has 5 heteroatoms. The molecule has 0 atom stereocenters. The van der Waals surface area contributed by atoms with Crippen LogP contribution in [0.1, 0.15) is 32.6 Å². The third kappa shape index (κ3) is 5.44. The average molecular weight is 752 g/mol. The molecule has 0 saturated carbocycles. The molecule has 0 heterocycles. The number of carbonyl (C=O) groups excluding carboxylic acids is 1. The standard InChI is InChI=1S/C19H13BrO.C13H7O.C6H4Br2/c20-18-12-6-5-11-17(18)19(21)15-9-3-1-7-13(15)14-8-2-4-10-16(14)19;14-13-11-7-3-1-5-9(11)10-6-2-4-8-12(10)13;7-5-3-1-2-4-6(5)8/h1-12,21H;1-3,5-8H;1-4H/q;+1;. The highest BCUT2D eigenvalue weighted by atomic mass is 79.9. The fourth-order valence-electron chi connectivity index (χ4n) is 5.61. The number of benzene rings is 5. The van der Waals surface area contributed by atoms with Gasteiger partial charge >= 0.3 is 0 Å². The summed E-state index contributed by atoms with van der Waals surface area (Å²) in [7, 11) is 0. The van der Waals surface area contributed by atoms with Gasteiger partial charge in [0.2, 0.25) is 5.78 Å². The van der Waals surface area contributed by atoms with Crippen LogP contribution in [0.15, 0.2) is 159 Å². The Morgan fingerprint density at radius 1 is 0.512 bits per heavy atom. The average Bonchev–Trinajstić information content (AvgIpc) is 3.49. The summed E-state index contributed by atoms with van der Waals surface area (Å²) in [5.74, 6) is 0.118. The zero-order valence-corrected chi connectivity index (χ0v) is 27.5. The molecule has 5 aromatic rings. The smallest absolute Gasteiger partial charge is 0.250 e. The molecule has 2 nitrogen and oxygen atoms in total. The third-order valence-corrected chi connectivity index (χ3v) is 10.2. The summed E-state index contributed by atoms with van der Waals surface area (Å²) in [5, 5.41) is 11.6. The lowest BCUT2D eigenvalue weighted by Gasteiger charge is -2.27. The number of hydrogen-bond acceptors (Lipinski definition) is 2. The van der Waals surface area contributed by atoms with Crippen molar-refractivity contribution in [3.8, 4) is 11.1 Å². The highest BCUT2D eigenvalue weighted by Gasteiger charge is 2.43. The predicted octanol–water partition coefficient (Wildman–Crippen LogP) is 10.5. The maximum atomic E-state index is 11.9. The maximum Gasteiger partial charge on any atom is 0.250 e. The van der Waals surface area contributed by atoms with Gasteiger partial charge in [0.05, 0.1) is 6.08 Å². The normalized spacial score (nSPS) is 14.3. The summed E-state index contributed by atoms with van der Waals surface area (Å²) >= 11 is 10.3. The van der Waals surface area contributed by atoms with Gasteiger partial charge in [0, 0.05) is 47.3 Å². The van der Waals surface area contributed by atoms with Crippen molar-refractivity contribution in [1.29, 1.82) is 0 Å². The van der Waals surface area contributed by atoms with Crippen molar-refractivity contribution in [2.45, 2.75) is 5.60 Å². The first kappa shape index (κ1) is 29.4. The van der Waals surface area contributed by atoms with E-state index in [1.165, 1.54) is 0 Å². The molecule has 8 rings (SSSR count). The Balaban J connectivity index is 0.000000128. The molecule has 0 unspecified atom stereocenters. The van der Waals surface area contributed by atoms with Gasteiger partial charge in [0.1, 0.15) is 28.9 Å². The summed E-state index contributed by atoms with van der Waals surface area (Å²) < 4.78 is 3.11.